The normalized spacial score (nSPS) is 15.3. The Morgan fingerprint density at radius 3 is 2.59 bits per heavy atom. The summed E-state index contributed by atoms with van der Waals surface area (Å²) < 4.78 is 33.9. The van der Waals surface area contributed by atoms with E-state index in [0.717, 1.165) is 12.1 Å². The quantitative estimate of drug-likeness (QED) is 0.637. The van der Waals surface area contributed by atoms with E-state index in [-0.39, 0.29) is 33.2 Å². The van der Waals surface area contributed by atoms with E-state index in [1.807, 2.05) is 6.07 Å². The fraction of sp³-hybridized carbons (Fsp3) is 0.0500. The maximum atomic E-state index is 14.4. The van der Waals surface area contributed by atoms with Crippen molar-refractivity contribution in [2.24, 2.45) is 0 Å². The van der Waals surface area contributed by atoms with Gasteiger partial charge in [0, 0.05) is 11.6 Å². The highest BCUT2D eigenvalue weighted by atomic mass is 35.5. The first-order valence-electron chi connectivity index (χ1n) is 7.80. The number of allylic oxidation sites excluding steroid dienone is 1. The third-order valence-electron chi connectivity index (χ3n) is 4.50. The van der Waals surface area contributed by atoms with Crippen LogP contribution in [0.1, 0.15) is 33.9 Å². The van der Waals surface area contributed by atoms with Crippen LogP contribution in [0.2, 0.25) is 5.02 Å². The molecular formula is C20H10ClF2NO3. The van der Waals surface area contributed by atoms with Gasteiger partial charge in [0.2, 0.25) is 0 Å². The summed E-state index contributed by atoms with van der Waals surface area (Å²) in [7, 11) is 0. The lowest BCUT2D eigenvalue weighted by Gasteiger charge is -2.16. The fourth-order valence-electron chi connectivity index (χ4n) is 3.32. The van der Waals surface area contributed by atoms with Gasteiger partial charge in [0.25, 0.3) is 0 Å². The summed E-state index contributed by atoms with van der Waals surface area (Å²) in [5.41, 5.74) is 1.50. The summed E-state index contributed by atoms with van der Waals surface area (Å²) in [5, 5.41) is 28.5. The van der Waals surface area contributed by atoms with Crippen LogP contribution in [0.3, 0.4) is 0 Å². The van der Waals surface area contributed by atoms with Crippen LogP contribution < -0.4 is 0 Å². The summed E-state index contributed by atoms with van der Waals surface area (Å²) in [5.74, 6) is -3.10. The molecule has 4 rings (SSSR count). The van der Waals surface area contributed by atoms with Crippen LogP contribution in [0.4, 0.5) is 8.78 Å². The van der Waals surface area contributed by atoms with Crippen molar-refractivity contribution in [1.82, 2.24) is 0 Å². The second kappa shape index (κ2) is 6.15. The molecule has 0 bridgehead atoms. The molecule has 1 aromatic heterocycles. The largest absolute Gasteiger partial charge is 0.508 e. The van der Waals surface area contributed by atoms with Gasteiger partial charge < -0.3 is 14.6 Å². The Morgan fingerprint density at radius 2 is 1.89 bits per heavy atom. The molecule has 1 unspecified atom stereocenters. The summed E-state index contributed by atoms with van der Waals surface area (Å²) >= 11 is 5.89. The van der Waals surface area contributed by atoms with Gasteiger partial charge in [0.15, 0.2) is 11.6 Å². The molecule has 0 amide bonds. The molecule has 0 spiro atoms. The molecule has 3 aromatic rings. The van der Waals surface area contributed by atoms with Gasteiger partial charge in [-0.3, -0.25) is 0 Å². The zero-order valence-corrected chi connectivity index (χ0v) is 14.3. The summed E-state index contributed by atoms with van der Waals surface area (Å²) in [6.07, 6.45) is 2.81. The highest BCUT2D eigenvalue weighted by Gasteiger charge is 2.34. The highest BCUT2D eigenvalue weighted by Crippen LogP contribution is 2.49. The Morgan fingerprint density at radius 1 is 1.11 bits per heavy atom. The van der Waals surface area contributed by atoms with Gasteiger partial charge in [0.1, 0.15) is 23.4 Å². The molecule has 4 nitrogen and oxygen atoms in total. The van der Waals surface area contributed by atoms with Crippen molar-refractivity contribution in [3.8, 4) is 17.6 Å². The maximum absolute atomic E-state index is 14.4. The van der Waals surface area contributed by atoms with E-state index in [1.54, 1.807) is 0 Å². The topological polar surface area (TPSA) is 77.4 Å². The number of nitrogens with zero attached hydrogens (tertiary/aromatic N) is 1. The SMILES string of the molecule is N#Cc1ccoc1C1C(c2cc(F)c(O)c(Cl)c2)=Cc2c(F)cc(O)cc21. The minimum atomic E-state index is -0.934. The van der Waals surface area contributed by atoms with Crippen molar-refractivity contribution in [3.63, 3.8) is 0 Å². The van der Waals surface area contributed by atoms with Gasteiger partial charge in [-0.25, -0.2) is 8.78 Å². The Balaban J connectivity index is 1.99. The van der Waals surface area contributed by atoms with Crippen molar-refractivity contribution < 1.29 is 23.4 Å². The number of aromatic hydroxyl groups is 2. The van der Waals surface area contributed by atoms with Crippen LogP contribution in [0.15, 0.2) is 41.0 Å². The molecule has 27 heavy (non-hydrogen) atoms. The minimum absolute atomic E-state index is 0.192. The van der Waals surface area contributed by atoms with Gasteiger partial charge in [0.05, 0.1) is 22.8 Å². The van der Waals surface area contributed by atoms with E-state index in [1.165, 1.54) is 30.5 Å². The molecule has 2 aromatic carbocycles. The molecule has 1 aliphatic rings. The van der Waals surface area contributed by atoms with Crippen LogP contribution in [-0.4, -0.2) is 10.2 Å². The van der Waals surface area contributed by atoms with Crippen LogP contribution in [0, 0.1) is 23.0 Å². The number of hydrogen-bond donors (Lipinski definition) is 2. The Kier molecular flexibility index (Phi) is 3.90. The van der Waals surface area contributed by atoms with E-state index in [2.05, 4.69) is 0 Å². The first-order valence-corrected chi connectivity index (χ1v) is 8.18. The lowest BCUT2D eigenvalue weighted by atomic mass is 9.87. The molecule has 134 valence electrons. The first-order chi connectivity index (χ1) is 12.9. The zero-order valence-electron chi connectivity index (χ0n) is 13.5. The van der Waals surface area contributed by atoms with E-state index < -0.39 is 23.3 Å². The number of hydrogen-bond acceptors (Lipinski definition) is 4. The predicted molar refractivity (Wildman–Crippen MR) is 94.3 cm³/mol. The summed E-state index contributed by atoms with van der Waals surface area (Å²) in [6.45, 7) is 0. The summed E-state index contributed by atoms with van der Waals surface area (Å²) in [6, 6.07) is 8.21. The number of nitriles is 1. The summed E-state index contributed by atoms with van der Waals surface area (Å²) in [4.78, 5) is 0. The third kappa shape index (κ3) is 2.64. The second-order valence-electron chi connectivity index (χ2n) is 6.06. The molecule has 1 aliphatic carbocycles. The van der Waals surface area contributed by atoms with Gasteiger partial charge >= 0.3 is 0 Å². The van der Waals surface area contributed by atoms with Crippen LogP contribution >= 0.6 is 11.6 Å². The van der Waals surface area contributed by atoms with Gasteiger partial charge in [-0.05, 0) is 47.0 Å². The predicted octanol–water partition coefficient (Wildman–Crippen LogP) is 5.18. The van der Waals surface area contributed by atoms with Gasteiger partial charge in [-0.1, -0.05) is 11.6 Å². The van der Waals surface area contributed by atoms with Gasteiger partial charge in [-0.15, -0.1) is 0 Å². The van der Waals surface area contributed by atoms with E-state index >= 15 is 0 Å². The number of rotatable bonds is 2. The minimum Gasteiger partial charge on any atom is -0.508 e. The molecule has 1 atom stereocenters. The van der Waals surface area contributed by atoms with Crippen molar-refractivity contribution in [1.29, 1.82) is 5.26 Å². The molecule has 0 saturated carbocycles. The van der Waals surface area contributed by atoms with E-state index in [9.17, 15) is 24.3 Å². The molecule has 2 N–H and O–H groups in total. The number of phenolic OH excluding ortho intramolecular Hbond substituents is 2. The molecule has 0 radical (unpaired) electrons. The molecule has 1 heterocycles. The number of benzene rings is 2. The lowest BCUT2D eigenvalue weighted by molar-refractivity contribution is 0.432. The van der Waals surface area contributed by atoms with E-state index in [0.29, 0.717) is 11.1 Å². The highest BCUT2D eigenvalue weighted by molar-refractivity contribution is 6.32. The van der Waals surface area contributed by atoms with Crippen molar-refractivity contribution in [2.45, 2.75) is 5.92 Å². The number of phenols is 2. The van der Waals surface area contributed by atoms with Crippen molar-refractivity contribution >= 4 is 23.3 Å². The molecular weight excluding hydrogens is 376 g/mol. The second-order valence-corrected chi connectivity index (χ2v) is 6.47. The standard InChI is InChI=1S/C20H10ClF2NO3/c21-15-3-10(4-17(23)19(15)26)12-7-13-14(5-11(25)6-16(13)22)18(12)20-9(8-24)1-2-27-20/h1-7,18,25-26H. The third-order valence-corrected chi connectivity index (χ3v) is 4.78. The Hall–Kier alpha value is -3.30. The number of furan rings is 1. The molecule has 0 saturated heterocycles. The molecule has 0 fully saturated rings. The molecule has 0 aliphatic heterocycles. The number of fused-ring (bicyclic) bond motifs is 1. The van der Waals surface area contributed by atoms with Crippen molar-refractivity contribution in [3.05, 3.63) is 81.3 Å². The average molecular weight is 386 g/mol. The van der Waals surface area contributed by atoms with Crippen LogP contribution in [-0.2, 0) is 0 Å². The van der Waals surface area contributed by atoms with Crippen LogP contribution in [0.25, 0.3) is 11.6 Å². The Labute approximate surface area is 157 Å². The van der Waals surface area contributed by atoms with Crippen molar-refractivity contribution in [2.75, 3.05) is 0 Å². The smallest absolute Gasteiger partial charge is 0.170 e. The maximum Gasteiger partial charge on any atom is 0.170 e. The fourth-order valence-corrected chi connectivity index (χ4v) is 3.53. The van der Waals surface area contributed by atoms with Gasteiger partial charge in [-0.2, -0.15) is 5.26 Å². The monoisotopic (exact) mass is 385 g/mol. The van der Waals surface area contributed by atoms with Crippen LogP contribution in [0.5, 0.6) is 11.5 Å². The zero-order chi connectivity index (χ0) is 19.3. The lowest BCUT2D eigenvalue weighted by Crippen LogP contribution is -2.03. The molecule has 7 heteroatoms. The average Bonchev–Trinajstić information content (AvgIpc) is 3.22. The Bertz CT molecular complexity index is 1140. The van der Waals surface area contributed by atoms with E-state index in [4.69, 9.17) is 16.0 Å². The first kappa shape index (κ1) is 17.1. The number of halogens is 3.